The third-order valence-electron chi connectivity index (χ3n) is 2.93. The zero-order chi connectivity index (χ0) is 14.1. The highest BCUT2D eigenvalue weighted by molar-refractivity contribution is 6.02. The number of nitrogens with two attached hydrogens (primary N) is 1. The number of fused-ring (bicyclic) bond motifs is 1. The van der Waals surface area contributed by atoms with E-state index in [2.05, 4.69) is 5.32 Å². The maximum Gasteiger partial charge on any atom is 0.291 e. The fraction of sp³-hybridized carbons (Fsp3) is 0.214. The molecule has 0 saturated carbocycles. The SMILES string of the molecule is CC(N)c1ccc(C(=O)Nc2ccc3c(c2)OCO3)o1. The second kappa shape index (κ2) is 4.90. The molecule has 1 aliphatic heterocycles. The summed E-state index contributed by atoms with van der Waals surface area (Å²) in [5.74, 6) is 1.73. The van der Waals surface area contributed by atoms with Gasteiger partial charge >= 0.3 is 0 Å². The third-order valence-corrected chi connectivity index (χ3v) is 2.93. The Bertz CT molecular complexity index is 648. The topological polar surface area (TPSA) is 86.7 Å². The third kappa shape index (κ3) is 2.33. The van der Waals surface area contributed by atoms with Gasteiger partial charge in [0.15, 0.2) is 17.3 Å². The number of ether oxygens (including phenoxy) is 2. The summed E-state index contributed by atoms with van der Waals surface area (Å²) in [6.07, 6.45) is 0. The van der Waals surface area contributed by atoms with Gasteiger partial charge in [0.05, 0.1) is 6.04 Å². The zero-order valence-electron chi connectivity index (χ0n) is 10.9. The van der Waals surface area contributed by atoms with E-state index in [4.69, 9.17) is 19.6 Å². The summed E-state index contributed by atoms with van der Waals surface area (Å²) in [5.41, 5.74) is 6.29. The van der Waals surface area contributed by atoms with Crippen LogP contribution in [-0.2, 0) is 0 Å². The smallest absolute Gasteiger partial charge is 0.291 e. The molecule has 104 valence electrons. The molecule has 2 heterocycles. The summed E-state index contributed by atoms with van der Waals surface area (Å²) in [7, 11) is 0. The Morgan fingerprint density at radius 1 is 1.25 bits per heavy atom. The van der Waals surface area contributed by atoms with Crippen LogP contribution in [0.4, 0.5) is 5.69 Å². The van der Waals surface area contributed by atoms with E-state index in [-0.39, 0.29) is 24.5 Å². The maximum absolute atomic E-state index is 12.0. The summed E-state index contributed by atoms with van der Waals surface area (Å²) < 4.78 is 15.8. The molecule has 0 fully saturated rings. The van der Waals surface area contributed by atoms with Gasteiger partial charge < -0.3 is 24.9 Å². The van der Waals surface area contributed by atoms with Crippen LogP contribution in [-0.4, -0.2) is 12.7 Å². The first-order chi connectivity index (χ1) is 9.63. The van der Waals surface area contributed by atoms with E-state index in [9.17, 15) is 4.79 Å². The predicted molar refractivity (Wildman–Crippen MR) is 71.8 cm³/mol. The molecule has 3 rings (SSSR count). The lowest BCUT2D eigenvalue weighted by Gasteiger charge is -2.04. The Labute approximate surface area is 115 Å². The number of hydrogen-bond donors (Lipinski definition) is 2. The minimum Gasteiger partial charge on any atom is -0.454 e. The summed E-state index contributed by atoms with van der Waals surface area (Å²) >= 11 is 0. The number of rotatable bonds is 3. The second-order valence-corrected chi connectivity index (χ2v) is 4.51. The van der Waals surface area contributed by atoms with E-state index >= 15 is 0 Å². The second-order valence-electron chi connectivity index (χ2n) is 4.51. The van der Waals surface area contributed by atoms with Crippen molar-refractivity contribution < 1.29 is 18.7 Å². The van der Waals surface area contributed by atoms with Gasteiger partial charge in [0.25, 0.3) is 5.91 Å². The predicted octanol–water partition coefficient (Wildman–Crippen LogP) is 2.28. The molecule has 2 aromatic rings. The quantitative estimate of drug-likeness (QED) is 0.896. The molecule has 1 unspecified atom stereocenters. The van der Waals surface area contributed by atoms with Gasteiger partial charge in [-0.15, -0.1) is 0 Å². The highest BCUT2D eigenvalue weighted by atomic mass is 16.7. The lowest BCUT2D eigenvalue weighted by Crippen LogP contribution is -2.11. The number of anilines is 1. The van der Waals surface area contributed by atoms with E-state index in [1.165, 1.54) is 0 Å². The number of carbonyl (C=O) groups excluding carboxylic acids is 1. The van der Waals surface area contributed by atoms with Gasteiger partial charge in [0.1, 0.15) is 5.76 Å². The first-order valence-corrected chi connectivity index (χ1v) is 6.20. The van der Waals surface area contributed by atoms with E-state index < -0.39 is 0 Å². The minimum absolute atomic E-state index is 0.197. The van der Waals surface area contributed by atoms with Gasteiger partial charge in [0.2, 0.25) is 6.79 Å². The monoisotopic (exact) mass is 274 g/mol. The van der Waals surface area contributed by atoms with Crippen molar-refractivity contribution in [1.82, 2.24) is 0 Å². The van der Waals surface area contributed by atoms with Crippen molar-refractivity contribution in [2.45, 2.75) is 13.0 Å². The number of furan rings is 1. The summed E-state index contributed by atoms with van der Waals surface area (Å²) in [5, 5.41) is 2.73. The van der Waals surface area contributed by atoms with Crippen LogP contribution in [0.1, 0.15) is 29.3 Å². The average molecular weight is 274 g/mol. The van der Waals surface area contributed by atoms with Gasteiger partial charge in [-0.25, -0.2) is 0 Å². The minimum atomic E-state index is -0.337. The largest absolute Gasteiger partial charge is 0.454 e. The van der Waals surface area contributed by atoms with Gasteiger partial charge in [-0.05, 0) is 31.2 Å². The van der Waals surface area contributed by atoms with Crippen LogP contribution in [0.5, 0.6) is 11.5 Å². The standard InChI is InChI=1S/C14H14N2O4/c1-8(15)10-4-5-12(20-10)14(17)16-9-2-3-11-13(6-9)19-7-18-11/h2-6,8H,7,15H2,1H3,(H,16,17). The van der Waals surface area contributed by atoms with Gasteiger partial charge in [-0.2, -0.15) is 0 Å². The zero-order valence-corrected chi connectivity index (χ0v) is 10.9. The normalized spacial score (nSPS) is 14.1. The molecule has 1 aliphatic rings. The molecule has 6 nitrogen and oxygen atoms in total. The van der Waals surface area contributed by atoms with Gasteiger partial charge in [-0.3, -0.25) is 4.79 Å². The maximum atomic E-state index is 12.0. The van der Waals surface area contributed by atoms with Crippen molar-refractivity contribution >= 4 is 11.6 Å². The fourth-order valence-corrected chi connectivity index (χ4v) is 1.89. The molecule has 1 aromatic heterocycles. The van der Waals surface area contributed by atoms with Crippen LogP contribution in [0.15, 0.2) is 34.7 Å². The van der Waals surface area contributed by atoms with E-state index in [0.717, 1.165) is 0 Å². The summed E-state index contributed by atoms with van der Waals surface area (Å²) in [6.45, 7) is 1.99. The Morgan fingerprint density at radius 3 is 2.80 bits per heavy atom. The molecular weight excluding hydrogens is 260 g/mol. The summed E-state index contributed by atoms with van der Waals surface area (Å²) in [6, 6.07) is 8.23. The molecule has 0 bridgehead atoms. The van der Waals surface area contributed by atoms with Crippen molar-refractivity contribution in [3.05, 3.63) is 41.9 Å². The first-order valence-electron chi connectivity index (χ1n) is 6.20. The number of amides is 1. The van der Waals surface area contributed by atoms with Crippen molar-refractivity contribution in [3.63, 3.8) is 0 Å². The average Bonchev–Trinajstić information content (AvgIpc) is 3.07. The molecule has 1 atom stereocenters. The lowest BCUT2D eigenvalue weighted by atomic mass is 10.2. The molecule has 1 aromatic carbocycles. The molecule has 0 aliphatic carbocycles. The first kappa shape index (κ1) is 12.6. The van der Waals surface area contributed by atoms with Gasteiger partial charge in [-0.1, -0.05) is 0 Å². The molecular formula is C14H14N2O4. The van der Waals surface area contributed by atoms with E-state index in [0.29, 0.717) is 22.9 Å². The number of nitrogens with one attached hydrogen (secondary N) is 1. The van der Waals surface area contributed by atoms with E-state index in [1.54, 1.807) is 37.3 Å². The highest BCUT2D eigenvalue weighted by Gasteiger charge is 2.16. The van der Waals surface area contributed by atoms with Crippen molar-refractivity contribution in [1.29, 1.82) is 0 Å². The number of hydrogen-bond acceptors (Lipinski definition) is 5. The summed E-state index contributed by atoms with van der Waals surface area (Å²) in [4.78, 5) is 12.0. The number of carbonyl (C=O) groups is 1. The molecule has 0 radical (unpaired) electrons. The van der Waals surface area contributed by atoms with Crippen LogP contribution in [0.3, 0.4) is 0 Å². The van der Waals surface area contributed by atoms with Gasteiger partial charge in [0, 0.05) is 11.8 Å². The van der Waals surface area contributed by atoms with Crippen molar-refractivity contribution in [3.8, 4) is 11.5 Å². The van der Waals surface area contributed by atoms with Crippen molar-refractivity contribution in [2.75, 3.05) is 12.1 Å². The Hall–Kier alpha value is -2.47. The lowest BCUT2D eigenvalue weighted by molar-refractivity contribution is 0.0994. The fourth-order valence-electron chi connectivity index (χ4n) is 1.89. The Morgan fingerprint density at radius 2 is 2.05 bits per heavy atom. The Kier molecular flexibility index (Phi) is 3.08. The molecule has 3 N–H and O–H groups in total. The van der Waals surface area contributed by atoms with Crippen molar-refractivity contribution in [2.24, 2.45) is 5.73 Å². The Balaban J connectivity index is 1.75. The molecule has 0 saturated heterocycles. The number of benzene rings is 1. The highest BCUT2D eigenvalue weighted by Crippen LogP contribution is 2.34. The molecule has 20 heavy (non-hydrogen) atoms. The van der Waals surface area contributed by atoms with Crippen LogP contribution in [0.25, 0.3) is 0 Å². The molecule has 0 spiro atoms. The van der Waals surface area contributed by atoms with Crippen LogP contribution in [0, 0.1) is 0 Å². The van der Waals surface area contributed by atoms with Crippen LogP contribution >= 0.6 is 0 Å². The van der Waals surface area contributed by atoms with Crippen LogP contribution < -0.4 is 20.5 Å². The molecule has 1 amide bonds. The van der Waals surface area contributed by atoms with E-state index in [1.807, 2.05) is 0 Å². The van der Waals surface area contributed by atoms with Crippen LogP contribution in [0.2, 0.25) is 0 Å². The molecule has 6 heteroatoms.